The number of ketones is 2. The number of rotatable bonds is 11. The summed E-state index contributed by atoms with van der Waals surface area (Å²) >= 11 is 0. The molecular formula is C37H52FN3O7Si. The first-order valence-electron chi connectivity index (χ1n) is 17.8. The van der Waals surface area contributed by atoms with Crippen molar-refractivity contribution in [3.05, 3.63) is 50.7 Å². The van der Waals surface area contributed by atoms with E-state index in [-0.39, 0.29) is 40.5 Å². The Morgan fingerprint density at radius 1 is 1.04 bits per heavy atom. The van der Waals surface area contributed by atoms with Crippen LogP contribution in [0.1, 0.15) is 116 Å². The second-order valence-electron chi connectivity index (χ2n) is 15.9. The molecule has 0 spiro atoms. The van der Waals surface area contributed by atoms with Gasteiger partial charge in [-0.3, -0.25) is 14.5 Å². The first-order chi connectivity index (χ1) is 23.1. The molecule has 6 rings (SSSR count). The average Bonchev–Trinajstić information content (AvgIpc) is 3.68. The minimum Gasteiger partial charge on any atom is -0.508 e. The number of ether oxygens (including phenoxy) is 2. The molecule has 3 aliphatic carbocycles. The highest BCUT2D eigenvalue weighted by Crippen LogP contribution is 2.60. The molecule has 0 radical (unpaired) electrons. The molecule has 1 aromatic heterocycles. The molecule has 0 bridgehead atoms. The lowest BCUT2D eigenvalue weighted by molar-refractivity contribution is -0.0481. The van der Waals surface area contributed by atoms with Crippen molar-refractivity contribution < 1.29 is 37.5 Å². The third-order valence-corrected chi connectivity index (χ3v) is 15.9. The van der Waals surface area contributed by atoms with Crippen LogP contribution in [-0.2, 0) is 23.9 Å². The van der Waals surface area contributed by atoms with Crippen molar-refractivity contribution in [2.24, 2.45) is 11.8 Å². The van der Waals surface area contributed by atoms with Gasteiger partial charge < -0.3 is 28.8 Å². The van der Waals surface area contributed by atoms with E-state index in [0.717, 1.165) is 25.7 Å². The maximum absolute atomic E-state index is 16.4. The van der Waals surface area contributed by atoms with Gasteiger partial charge in [0.05, 0.1) is 24.8 Å². The minimum atomic E-state index is -2.84. The molecule has 10 nitrogen and oxygen atoms in total. The predicted molar refractivity (Wildman–Crippen MR) is 185 cm³/mol. The Hall–Kier alpha value is -3.06. The second kappa shape index (κ2) is 12.9. The Morgan fingerprint density at radius 2 is 1.69 bits per heavy atom. The molecule has 1 aliphatic heterocycles. The molecule has 1 aromatic carbocycles. The number of Topliss-reactive ketones (excluding diaryl/α,β-unsaturated/α-hetero) is 2. The molecule has 0 saturated carbocycles. The molecule has 2 N–H and O–H groups in total. The molecular weight excluding hydrogens is 646 g/mol. The first kappa shape index (κ1) is 35.8. The summed E-state index contributed by atoms with van der Waals surface area (Å²) in [7, 11) is 0.925. The van der Waals surface area contributed by atoms with E-state index in [4.69, 9.17) is 18.4 Å². The quantitative estimate of drug-likeness (QED) is 0.184. The summed E-state index contributed by atoms with van der Waals surface area (Å²) in [6.07, 6.45) is 3.76. The van der Waals surface area contributed by atoms with E-state index in [2.05, 4.69) is 38.2 Å². The summed E-state index contributed by atoms with van der Waals surface area (Å²) in [5, 5.41) is 19.9. The highest BCUT2D eigenvalue weighted by molar-refractivity contribution is 6.74. The van der Waals surface area contributed by atoms with E-state index in [1.807, 2.05) is 39.0 Å². The van der Waals surface area contributed by atoms with E-state index in [1.54, 1.807) is 0 Å². The van der Waals surface area contributed by atoms with Crippen molar-refractivity contribution in [2.45, 2.75) is 116 Å². The molecule has 2 heterocycles. The van der Waals surface area contributed by atoms with Gasteiger partial charge >= 0.3 is 0 Å². The third kappa shape index (κ3) is 5.48. The number of nitrogens with zero attached hydrogens (tertiary/aromatic N) is 2. The number of halogens is 1. The Bertz CT molecular complexity index is 1690. The van der Waals surface area contributed by atoms with Crippen LogP contribution >= 0.6 is 0 Å². The lowest BCUT2D eigenvalue weighted by Crippen LogP contribution is -2.65. The predicted octanol–water partition coefficient (Wildman–Crippen LogP) is 7.22. The standard InChI is InChI=1S/C37H52FN3O7Si/c1-10-12-14-45-31-23-19-39-18-22(23)28(38)21-16-20-17-24-29(41(6)7)32-27(35(40-47-32)46-15-13-11-2)34(44)37(24,48-49(8,9)36(3,4)5)33(43)25(20)30(42)26(21)31/h20,24,29,39,43H,10-19H2,1-9H3/t20-,24-,29-,37-/m0/s1. The summed E-state index contributed by atoms with van der Waals surface area (Å²) in [6.45, 7) is 15.8. The lowest BCUT2D eigenvalue weighted by atomic mass is 9.58. The minimum absolute atomic E-state index is 0.0638. The Morgan fingerprint density at radius 3 is 2.33 bits per heavy atom. The van der Waals surface area contributed by atoms with Crippen LogP contribution in [0.2, 0.25) is 18.1 Å². The number of unbranched alkanes of at least 4 members (excludes halogenated alkanes) is 2. The van der Waals surface area contributed by atoms with Gasteiger partial charge in [0.15, 0.2) is 25.5 Å². The van der Waals surface area contributed by atoms with Crippen LogP contribution in [0.3, 0.4) is 0 Å². The zero-order valence-electron chi connectivity index (χ0n) is 30.5. The third-order valence-electron chi connectivity index (χ3n) is 11.5. The number of hydrogen-bond donors (Lipinski definition) is 2. The van der Waals surface area contributed by atoms with E-state index in [9.17, 15) is 9.90 Å². The fourth-order valence-electron chi connectivity index (χ4n) is 7.89. The van der Waals surface area contributed by atoms with Gasteiger partial charge in [-0.1, -0.05) is 47.5 Å². The van der Waals surface area contributed by atoms with Gasteiger partial charge in [0.1, 0.15) is 22.9 Å². The number of aliphatic hydroxyl groups is 1. The molecule has 268 valence electrons. The van der Waals surface area contributed by atoms with Gasteiger partial charge in [0.25, 0.3) is 5.88 Å². The zero-order chi connectivity index (χ0) is 35.6. The zero-order valence-corrected chi connectivity index (χ0v) is 31.5. The fourth-order valence-corrected chi connectivity index (χ4v) is 9.34. The maximum atomic E-state index is 16.4. The molecule has 0 fully saturated rings. The van der Waals surface area contributed by atoms with Gasteiger partial charge in [-0.25, -0.2) is 4.39 Å². The molecule has 0 amide bonds. The van der Waals surface area contributed by atoms with Crippen LogP contribution in [0.4, 0.5) is 4.39 Å². The van der Waals surface area contributed by atoms with Crippen molar-refractivity contribution in [3.8, 4) is 11.6 Å². The van der Waals surface area contributed by atoms with Crippen LogP contribution in [-0.4, -0.2) is 68.0 Å². The van der Waals surface area contributed by atoms with Crippen molar-refractivity contribution in [1.82, 2.24) is 15.4 Å². The average molecular weight is 698 g/mol. The first-order valence-corrected chi connectivity index (χ1v) is 20.7. The summed E-state index contributed by atoms with van der Waals surface area (Å²) in [5.41, 5.74) is -0.0416. The molecule has 12 heteroatoms. The summed E-state index contributed by atoms with van der Waals surface area (Å²) in [6, 6.07) is -0.560. The normalized spacial score (nSPS) is 24.8. The molecule has 0 unspecified atom stereocenters. The number of aliphatic hydroxyl groups excluding tert-OH is 1. The summed E-state index contributed by atoms with van der Waals surface area (Å²) in [4.78, 5) is 32.1. The smallest absolute Gasteiger partial charge is 0.265 e. The topological polar surface area (TPSA) is 123 Å². The number of aromatic nitrogens is 1. The van der Waals surface area contributed by atoms with Crippen molar-refractivity contribution in [3.63, 3.8) is 0 Å². The highest BCUT2D eigenvalue weighted by Gasteiger charge is 2.67. The number of allylic oxidation sites excluding steroid dienone is 1. The fraction of sp³-hybridized carbons (Fsp3) is 0.649. The van der Waals surface area contributed by atoms with E-state index in [0.29, 0.717) is 54.5 Å². The second-order valence-corrected chi connectivity index (χ2v) is 20.6. The van der Waals surface area contributed by atoms with Crippen LogP contribution in [0.15, 0.2) is 15.9 Å². The molecule has 2 aromatic rings. The maximum Gasteiger partial charge on any atom is 0.265 e. The Balaban J connectivity index is 1.60. The van der Waals surface area contributed by atoms with E-state index >= 15 is 9.18 Å². The number of nitrogens with one attached hydrogen (secondary N) is 1. The van der Waals surface area contributed by atoms with E-state index < -0.39 is 54.9 Å². The SMILES string of the molecule is CCCCOc1noc2c1C(=O)[C@@]1(O[Si](C)(C)C(C)(C)C)C(O)=C3C(=O)c4c(c(F)c5c(c4OCCCC)CNC5)C[C@H]3C[C@H]1[C@@H]2N(C)C. The summed E-state index contributed by atoms with van der Waals surface area (Å²) in [5.74, 6) is -2.26. The van der Waals surface area contributed by atoms with Gasteiger partial charge in [0.2, 0.25) is 5.78 Å². The van der Waals surface area contributed by atoms with Gasteiger partial charge in [-0.2, -0.15) is 0 Å². The number of carbonyl (C=O) groups is 2. The molecule has 4 atom stereocenters. The largest absolute Gasteiger partial charge is 0.508 e. The van der Waals surface area contributed by atoms with Gasteiger partial charge in [-0.05, 0) is 69.0 Å². The molecule has 4 aliphatic rings. The van der Waals surface area contributed by atoms with Crippen LogP contribution in [0.25, 0.3) is 0 Å². The summed E-state index contributed by atoms with van der Waals surface area (Å²) < 4.78 is 41.8. The van der Waals surface area contributed by atoms with Crippen molar-refractivity contribution >= 4 is 19.9 Å². The Kier molecular flexibility index (Phi) is 9.43. The van der Waals surface area contributed by atoms with Crippen LogP contribution in [0, 0.1) is 17.7 Å². The van der Waals surface area contributed by atoms with Crippen LogP contribution in [0.5, 0.6) is 11.6 Å². The van der Waals surface area contributed by atoms with Gasteiger partial charge in [0, 0.05) is 41.3 Å². The van der Waals surface area contributed by atoms with E-state index in [1.165, 1.54) is 0 Å². The van der Waals surface area contributed by atoms with Crippen LogP contribution < -0.4 is 14.8 Å². The number of hydrogen-bond acceptors (Lipinski definition) is 10. The highest BCUT2D eigenvalue weighted by atomic mass is 28.4. The number of fused-ring (bicyclic) bond motifs is 5. The lowest BCUT2D eigenvalue weighted by Gasteiger charge is -2.55. The monoisotopic (exact) mass is 697 g/mol. The number of carbonyl (C=O) groups excluding carboxylic acids is 2. The molecule has 0 saturated heterocycles. The van der Waals surface area contributed by atoms with Gasteiger partial charge in [-0.15, -0.1) is 0 Å². The van der Waals surface area contributed by atoms with Crippen molar-refractivity contribution in [1.29, 1.82) is 0 Å². The Labute approximate surface area is 289 Å². The van der Waals surface area contributed by atoms with Crippen molar-refractivity contribution in [2.75, 3.05) is 27.3 Å². The molecule has 49 heavy (non-hydrogen) atoms. The number of benzene rings is 1.